The average Bonchev–Trinajstić information content (AvgIpc) is 2.77. The van der Waals surface area contributed by atoms with E-state index in [0.29, 0.717) is 16.9 Å². The predicted octanol–water partition coefficient (Wildman–Crippen LogP) is 2.88. The van der Waals surface area contributed by atoms with Crippen LogP contribution in [0.3, 0.4) is 0 Å². The predicted molar refractivity (Wildman–Crippen MR) is 86.0 cm³/mol. The van der Waals surface area contributed by atoms with Crippen LogP contribution in [0.2, 0.25) is 0 Å². The van der Waals surface area contributed by atoms with Gasteiger partial charge in [0.2, 0.25) is 5.91 Å². The molecule has 2 heterocycles. The van der Waals surface area contributed by atoms with E-state index in [4.69, 9.17) is 0 Å². The number of allylic oxidation sites excluding steroid dienone is 1. The summed E-state index contributed by atoms with van der Waals surface area (Å²) in [6, 6.07) is 0. The van der Waals surface area contributed by atoms with Crippen LogP contribution < -0.4 is 0 Å². The van der Waals surface area contributed by atoms with Gasteiger partial charge >= 0.3 is 0 Å². The molecule has 0 N–H and O–H groups in total. The third-order valence-electron chi connectivity index (χ3n) is 8.10. The van der Waals surface area contributed by atoms with Crippen molar-refractivity contribution in [3.05, 3.63) is 11.8 Å². The standard InChI is InChI=1S/C19H28N2O/c1-12-7-14-8-17-18(5-4-6-21(17)13(2)22)15-9-16(14)19(18,10-12)20(3)11-15/h8,12,14-16H,4-7,9-11H2,1-3H3/t12-,14+,15-,16-,18+,19-/m1/s1. The van der Waals surface area contributed by atoms with Crippen molar-refractivity contribution in [1.29, 1.82) is 0 Å². The van der Waals surface area contributed by atoms with Crippen molar-refractivity contribution in [2.24, 2.45) is 29.1 Å². The second kappa shape index (κ2) is 3.98. The number of piperidine rings is 2. The number of hydrogen-bond acceptors (Lipinski definition) is 2. The quantitative estimate of drug-likeness (QED) is 0.687. The molecule has 3 aliphatic carbocycles. The lowest BCUT2D eigenvalue weighted by Crippen LogP contribution is -2.65. The minimum Gasteiger partial charge on any atom is -0.316 e. The third-order valence-corrected chi connectivity index (χ3v) is 8.10. The summed E-state index contributed by atoms with van der Waals surface area (Å²) < 4.78 is 0. The third kappa shape index (κ3) is 1.22. The Kier molecular flexibility index (Phi) is 2.46. The van der Waals surface area contributed by atoms with Gasteiger partial charge in [-0.25, -0.2) is 0 Å². The summed E-state index contributed by atoms with van der Waals surface area (Å²) in [5, 5.41) is 0. The highest BCUT2D eigenvalue weighted by Gasteiger charge is 2.76. The van der Waals surface area contributed by atoms with E-state index in [9.17, 15) is 4.79 Å². The SMILES string of the molecule is CC(=O)N1CCC[C@]23C1=C[C@@H]1C[C@@H](C)C[C@@]24[C@@H]1C[C@@H]3CN4C. The first-order chi connectivity index (χ1) is 10.5. The maximum atomic E-state index is 12.3. The van der Waals surface area contributed by atoms with E-state index in [1.165, 1.54) is 44.3 Å². The summed E-state index contributed by atoms with van der Waals surface area (Å²) >= 11 is 0. The van der Waals surface area contributed by atoms with Gasteiger partial charge in [0.1, 0.15) is 0 Å². The molecule has 120 valence electrons. The molecule has 0 radical (unpaired) electrons. The highest BCUT2D eigenvalue weighted by molar-refractivity contribution is 5.76. The smallest absolute Gasteiger partial charge is 0.223 e. The Morgan fingerprint density at radius 2 is 2.18 bits per heavy atom. The van der Waals surface area contributed by atoms with Crippen molar-refractivity contribution in [1.82, 2.24) is 9.80 Å². The number of amides is 1. The summed E-state index contributed by atoms with van der Waals surface area (Å²) in [5.74, 6) is 3.43. The van der Waals surface area contributed by atoms with Gasteiger partial charge in [0, 0.05) is 36.7 Å². The summed E-state index contributed by atoms with van der Waals surface area (Å²) in [4.78, 5) is 17.2. The van der Waals surface area contributed by atoms with Crippen LogP contribution in [0.5, 0.6) is 0 Å². The Balaban J connectivity index is 1.76. The van der Waals surface area contributed by atoms with Crippen LogP contribution in [0.1, 0.15) is 46.0 Å². The largest absolute Gasteiger partial charge is 0.316 e. The minimum absolute atomic E-state index is 0.264. The number of rotatable bonds is 0. The molecular formula is C19H28N2O. The summed E-state index contributed by atoms with van der Waals surface area (Å²) in [6.07, 6.45) is 9.16. The lowest BCUT2D eigenvalue weighted by atomic mass is 9.51. The lowest BCUT2D eigenvalue weighted by molar-refractivity contribution is -0.132. The van der Waals surface area contributed by atoms with E-state index in [-0.39, 0.29) is 5.91 Å². The molecule has 2 saturated carbocycles. The first kappa shape index (κ1) is 13.6. The van der Waals surface area contributed by atoms with Gasteiger partial charge in [-0.3, -0.25) is 9.69 Å². The molecule has 3 nitrogen and oxygen atoms in total. The van der Waals surface area contributed by atoms with Gasteiger partial charge in [-0.15, -0.1) is 0 Å². The first-order valence-corrected chi connectivity index (χ1v) is 9.22. The maximum Gasteiger partial charge on any atom is 0.223 e. The van der Waals surface area contributed by atoms with Crippen LogP contribution in [0.25, 0.3) is 0 Å². The van der Waals surface area contributed by atoms with Crippen molar-refractivity contribution < 1.29 is 4.79 Å². The zero-order chi connectivity index (χ0) is 15.3. The van der Waals surface area contributed by atoms with Crippen molar-refractivity contribution in [2.75, 3.05) is 20.1 Å². The van der Waals surface area contributed by atoms with Gasteiger partial charge < -0.3 is 4.90 Å². The van der Waals surface area contributed by atoms with E-state index in [1.807, 2.05) is 0 Å². The number of hydrogen-bond donors (Lipinski definition) is 0. The molecule has 5 rings (SSSR count). The van der Waals surface area contributed by atoms with Crippen molar-refractivity contribution in [3.63, 3.8) is 0 Å². The fraction of sp³-hybridized carbons (Fsp3) is 0.842. The van der Waals surface area contributed by atoms with Crippen LogP contribution in [0.15, 0.2) is 11.8 Å². The van der Waals surface area contributed by atoms with Gasteiger partial charge in [0.15, 0.2) is 0 Å². The maximum absolute atomic E-state index is 12.3. The molecule has 2 aliphatic heterocycles. The average molecular weight is 300 g/mol. The lowest BCUT2D eigenvalue weighted by Gasteiger charge is -2.62. The zero-order valence-corrected chi connectivity index (χ0v) is 14.1. The van der Waals surface area contributed by atoms with E-state index in [1.54, 1.807) is 6.92 Å². The molecule has 0 aromatic heterocycles. The molecule has 0 aromatic rings. The minimum atomic E-state index is 0.264. The fourth-order valence-corrected chi connectivity index (χ4v) is 7.81. The summed E-state index contributed by atoms with van der Waals surface area (Å²) in [5.41, 5.74) is 2.10. The van der Waals surface area contributed by atoms with Crippen LogP contribution in [0, 0.1) is 29.1 Å². The fourth-order valence-electron chi connectivity index (χ4n) is 7.81. The molecule has 22 heavy (non-hydrogen) atoms. The summed E-state index contributed by atoms with van der Waals surface area (Å²) in [7, 11) is 2.37. The van der Waals surface area contributed by atoms with Crippen LogP contribution >= 0.6 is 0 Å². The highest BCUT2D eigenvalue weighted by atomic mass is 16.2. The Hall–Kier alpha value is -0.830. The molecule has 0 aromatic carbocycles. The van der Waals surface area contributed by atoms with Gasteiger partial charge in [-0.2, -0.15) is 0 Å². The number of carbonyl (C=O) groups is 1. The molecule has 5 bridgehead atoms. The first-order valence-electron chi connectivity index (χ1n) is 9.22. The number of likely N-dealkylation sites (tertiary alicyclic amines) is 2. The van der Waals surface area contributed by atoms with Gasteiger partial charge in [0.25, 0.3) is 0 Å². The zero-order valence-electron chi connectivity index (χ0n) is 14.1. The van der Waals surface area contributed by atoms with Gasteiger partial charge in [-0.05, 0) is 62.8 Å². The van der Waals surface area contributed by atoms with E-state index in [2.05, 4.69) is 29.8 Å². The van der Waals surface area contributed by atoms with Crippen LogP contribution in [-0.4, -0.2) is 41.4 Å². The molecule has 1 amide bonds. The van der Waals surface area contributed by atoms with Crippen molar-refractivity contribution >= 4 is 5.91 Å². The number of carbonyl (C=O) groups excluding carboxylic acids is 1. The molecule has 2 saturated heterocycles. The topological polar surface area (TPSA) is 23.6 Å². The van der Waals surface area contributed by atoms with E-state index in [0.717, 1.165) is 24.3 Å². The Morgan fingerprint density at radius 1 is 1.36 bits per heavy atom. The van der Waals surface area contributed by atoms with Crippen molar-refractivity contribution in [3.8, 4) is 0 Å². The molecule has 0 unspecified atom stereocenters. The van der Waals surface area contributed by atoms with Crippen LogP contribution in [-0.2, 0) is 4.79 Å². The second-order valence-corrected chi connectivity index (χ2v) is 8.85. The molecule has 6 atom stereocenters. The molecular weight excluding hydrogens is 272 g/mol. The van der Waals surface area contributed by atoms with Gasteiger partial charge in [0.05, 0.1) is 0 Å². The Bertz CT molecular complexity index is 584. The molecule has 2 spiro atoms. The molecule has 5 aliphatic rings. The number of nitrogens with zero attached hydrogens (tertiary/aromatic N) is 2. The van der Waals surface area contributed by atoms with E-state index < -0.39 is 0 Å². The monoisotopic (exact) mass is 300 g/mol. The summed E-state index contributed by atoms with van der Waals surface area (Å²) in [6.45, 7) is 6.42. The Morgan fingerprint density at radius 3 is 2.95 bits per heavy atom. The molecule has 3 heteroatoms. The van der Waals surface area contributed by atoms with E-state index >= 15 is 0 Å². The van der Waals surface area contributed by atoms with Crippen molar-refractivity contribution in [2.45, 2.75) is 51.5 Å². The van der Waals surface area contributed by atoms with Gasteiger partial charge in [-0.1, -0.05) is 13.0 Å². The highest BCUT2D eigenvalue weighted by Crippen LogP contribution is 2.75. The second-order valence-electron chi connectivity index (χ2n) is 8.85. The Labute approximate surface area is 133 Å². The van der Waals surface area contributed by atoms with Crippen LogP contribution in [0.4, 0.5) is 0 Å². The molecule has 4 fully saturated rings. The normalized spacial score (nSPS) is 52.5.